The fraction of sp³-hybridized carbons (Fsp3) is 0.333. The van der Waals surface area contributed by atoms with Crippen LogP contribution < -0.4 is 11.1 Å². The number of anilines is 1. The number of carbonyl (C=O) groups excluding carboxylic acids is 1. The van der Waals surface area contributed by atoms with Gasteiger partial charge in [-0.15, -0.1) is 0 Å². The number of aromatic nitrogens is 2. The minimum absolute atomic E-state index is 0.123. The fourth-order valence-corrected chi connectivity index (χ4v) is 1.91. The molecule has 0 aliphatic heterocycles. The van der Waals surface area contributed by atoms with Gasteiger partial charge >= 0.3 is 0 Å². The van der Waals surface area contributed by atoms with Gasteiger partial charge in [-0.2, -0.15) is 5.10 Å². The Morgan fingerprint density at radius 2 is 2.14 bits per heavy atom. The predicted molar refractivity (Wildman–Crippen MR) is 80.5 cm³/mol. The van der Waals surface area contributed by atoms with Crippen LogP contribution in [0.25, 0.3) is 0 Å². The maximum Gasteiger partial charge on any atom is 0.241 e. The zero-order chi connectivity index (χ0) is 15.1. The average molecular weight is 288 g/mol. The monoisotopic (exact) mass is 288 g/mol. The second-order valence-electron chi connectivity index (χ2n) is 4.76. The molecule has 0 saturated carbocycles. The van der Waals surface area contributed by atoms with Crippen molar-refractivity contribution in [2.75, 3.05) is 18.9 Å². The molecule has 0 bridgehead atoms. The second-order valence-corrected chi connectivity index (χ2v) is 4.76. The number of rotatable bonds is 7. The van der Waals surface area contributed by atoms with E-state index >= 15 is 0 Å². The van der Waals surface area contributed by atoms with Crippen molar-refractivity contribution in [3.63, 3.8) is 0 Å². The molecule has 0 aliphatic carbocycles. The molecule has 3 N–H and O–H groups in total. The molecule has 1 amide bonds. The van der Waals surface area contributed by atoms with Crippen molar-refractivity contribution >= 4 is 11.7 Å². The summed E-state index contributed by atoms with van der Waals surface area (Å²) >= 11 is 0. The number of nitrogens with zero attached hydrogens (tertiary/aromatic N) is 2. The van der Waals surface area contributed by atoms with Gasteiger partial charge in [0.2, 0.25) is 5.91 Å². The summed E-state index contributed by atoms with van der Waals surface area (Å²) in [5.74, 6) is 0.357. The van der Waals surface area contributed by atoms with Crippen LogP contribution in [0.3, 0.4) is 0 Å². The standard InChI is InChI=1S/C15H20N4O2/c1-12-9-14(16)19(18-12)10-15(20)17-7-8-21-11-13-5-3-2-4-6-13/h2-6,9H,7-8,10-11,16H2,1H3,(H,17,20). The lowest BCUT2D eigenvalue weighted by Crippen LogP contribution is -2.31. The van der Waals surface area contributed by atoms with Crippen LogP contribution in [0.4, 0.5) is 5.82 Å². The first-order valence-corrected chi connectivity index (χ1v) is 6.83. The van der Waals surface area contributed by atoms with Crippen LogP contribution in [-0.4, -0.2) is 28.8 Å². The number of hydrogen-bond acceptors (Lipinski definition) is 4. The molecule has 1 aromatic heterocycles. The summed E-state index contributed by atoms with van der Waals surface area (Å²) in [6, 6.07) is 11.6. The fourth-order valence-electron chi connectivity index (χ4n) is 1.91. The number of hydrogen-bond donors (Lipinski definition) is 2. The van der Waals surface area contributed by atoms with E-state index in [9.17, 15) is 4.79 Å². The molecule has 0 saturated heterocycles. The van der Waals surface area contributed by atoms with Crippen LogP contribution in [0.5, 0.6) is 0 Å². The quantitative estimate of drug-likeness (QED) is 0.748. The molecule has 0 unspecified atom stereocenters. The van der Waals surface area contributed by atoms with Crippen LogP contribution in [0, 0.1) is 6.92 Å². The van der Waals surface area contributed by atoms with Gasteiger partial charge in [0.25, 0.3) is 0 Å². The summed E-state index contributed by atoms with van der Waals surface area (Å²) in [6.07, 6.45) is 0. The summed E-state index contributed by atoms with van der Waals surface area (Å²) in [5, 5.41) is 6.91. The van der Waals surface area contributed by atoms with Gasteiger partial charge in [-0.1, -0.05) is 30.3 Å². The van der Waals surface area contributed by atoms with Crippen LogP contribution in [-0.2, 0) is 22.7 Å². The Labute approximate surface area is 123 Å². The third-order valence-electron chi connectivity index (χ3n) is 2.91. The Morgan fingerprint density at radius 1 is 1.38 bits per heavy atom. The zero-order valence-corrected chi connectivity index (χ0v) is 12.1. The van der Waals surface area contributed by atoms with Crippen molar-refractivity contribution < 1.29 is 9.53 Å². The minimum Gasteiger partial charge on any atom is -0.384 e. The molecule has 0 fully saturated rings. The molecule has 112 valence electrons. The van der Waals surface area contributed by atoms with Crippen LogP contribution >= 0.6 is 0 Å². The van der Waals surface area contributed by atoms with Crippen LogP contribution in [0.1, 0.15) is 11.3 Å². The molecular weight excluding hydrogens is 268 g/mol. The summed E-state index contributed by atoms with van der Waals surface area (Å²) in [4.78, 5) is 11.7. The van der Waals surface area contributed by atoms with Gasteiger partial charge in [-0.25, -0.2) is 4.68 Å². The molecule has 1 heterocycles. The molecule has 0 radical (unpaired) electrons. The van der Waals surface area contributed by atoms with E-state index in [0.717, 1.165) is 11.3 Å². The van der Waals surface area contributed by atoms with Gasteiger partial charge in [-0.05, 0) is 12.5 Å². The number of nitrogen functional groups attached to an aromatic ring is 1. The van der Waals surface area contributed by atoms with Crippen molar-refractivity contribution in [1.29, 1.82) is 0 Å². The number of nitrogens with one attached hydrogen (secondary N) is 1. The van der Waals surface area contributed by atoms with Gasteiger partial charge in [-0.3, -0.25) is 4.79 Å². The second kappa shape index (κ2) is 7.44. The third-order valence-corrected chi connectivity index (χ3v) is 2.91. The van der Waals surface area contributed by atoms with Gasteiger partial charge in [0.1, 0.15) is 12.4 Å². The number of nitrogens with two attached hydrogens (primary N) is 1. The van der Waals surface area contributed by atoms with E-state index < -0.39 is 0 Å². The topological polar surface area (TPSA) is 82.2 Å². The number of carbonyl (C=O) groups is 1. The largest absolute Gasteiger partial charge is 0.384 e. The van der Waals surface area contributed by atoms with Gasteiger partial charge in [0.15, 0.2) is 0 Å². The van der Waals surface area contributed by atoms with Gasteiger partial charge in [0.05, 0.1) is 18.9 Å². The molecule has 0 spiro atoms. The van der Waals surface area contributed by atoms with E-state index in [-0.39, 0.29) is 12.5 Å². The minimum atomic E-state index is -0.131. The Morgan fingerprint density at radius 3 is 2.81 bits per heavy atom. The molecular formula is C15H20N4O2. The highest BCUT2D eigenvalue weighted by Gasteiger charge is 2.06. The molecule has 1 aromatic carbocycles. The lowest BCUT2D eigenvalue weighted by atomic mass is 10.2. The summed E-state index contributed by atoms with van der Waals surface area (Å²) in [5.41, 5.74) is 7.64. The molecule has 21 heavy (non-hydrogen) atoms. The van der Waals surface area contributed by atoms with Gasteiger partial charge < -0.3 is 15.8 Å². The van der Waals surface area contributed by atoms with Crippen molar-refractivity contribution in [2.45, 2.75) is 20.1 Å². The Balaban J connectivity index is 1.62. The van der Waals surface area contributed by atoms with E-state index in [1.54, 1.807) is 6.07 Å². The smallest absolute Gasteiger partial charge is 0.241 e. The van der Waals surface area contributed by atoms with Crippen LogP contribution in [0.15, 0.2) is 36.4 Å². The summed E-state index contributed by atoms with van der Waals surface area (Å²) in [7, 11) is 0. The Bertz CT molecular complexity index is 581. The van der Waals surface area contributed by atoms with E-state index in [1.165, 1.54) is 4.68 Å². The summed E-state index contributed by atoms with van der Waals surface area (Å²) < 4.78 is 6.97. The van der Waals surface area contributed by atoms with Crippen molar-refractivity contribution in [3.05, 3.63) is 47.7 Å². The highest BCUT2D eigenvalue weighted by Crippen LogP contribution is 2.04. The van der Waals surface area contributed by atoms with Crippen LogP contribution in [0.2, 0.25) is 0 Å². The number of amides is 1. The highest BCUT2D eigenvalue weighted by molar-refractivity contribution is 5.76. The average Bonchev–Trinajstić information content (AvgIpc) is 2.77. The van der Waals surface area contributed by atoms with Crippen molar-refractivity contribution in [2.24, 2.45) is 0 Å². The Kier molecular flexibility index (Phi) is 5.34. The Hall–Kier alpha value is -2.34. The number of aryl methyl sites for hydroxylation is 1. The highest BCUT2D eigenvalue weighted by atomic mass is 16.5. The third kappa shape index (κ3) is 4.92. The van der Waals surface area contributed by atoms with Crippen molar-refractivity contribution in [1.82, 2.24) is 15.1 Å². The molecule has 6 nitrogen and oxygen atoms in total. The molecule has 0 atom stereocenters. The van der Waals surface area contributed by atoms with E-state index in [2.05, 4.69) is 10.4 Å². The first-order valence-electron chi connectivity index (χ1n) is 6.83. The van der Waals surface area contributed by atoms with Crippen molar-refractivity contribution in [3.8, 4) is 0 Å². The predicted octanol–water partition coefficient (Wildman–Crippen LogP) is 1.11. The van der Waals surface area contributed by atoms with E-state index in [1.807, 2.05) is 37.3 Å². The maximum absolute atomic E-state index is 11.7. The first-order chi connectivity index (χ1) is 10.1. The van der Waals surface area contributed by atoms with E-state index in [0.29, 0.717) is 25.6 Å². The normalized spacial score (nSPS) is 10.5. The lowest BCUT2D eigenvalue weighted by molar-refractivity contribution is -0.122. The van der Waals surface area contributed by atoms with E-state index in [4.69, 9.17) is 10.5 Å². The number of ether oxygens (including phenoxy) is 1. The summed E-state index contributed by atoms with van der Waals surface area (Å²) in [6.45, 7) is 3.43. The molecule has 6 heteroatoms. The number of benzene rings is 1. The molecule has 2 aromatic rings. The molecule has 0 aliphatic rings. The maximum atomic E-state index is 11.7. The SMILES string of the molecule is Cc1cc(N)n(CC(=O)NCCOCc2ccccc2)n1. The first kappa shape index (κ1) is 15.1. The molecule has 2 rings (SSSR count). The van der Waals surface area contributed by atoms with Gasteiger partial charge in [0, 0.05) is 12.6 Å². The zero-order valence-electron chi connectivity index (χ0n) is 12.1. The lowest BCUT2D eigenvalue weighted by Gasteiger charge is -2.07.